The number of hydrogen-bond donors (Lipinski definition) is 0. The molecule has 4 heteroatoms. The third-order valence-corrected chi connectivity index (χ3v) is 2.94. The molecule has 0 heterocycles. The predicted octanol–water partition coefficient (Wildman–Crippen LogP) is 3.90. The van der Waals surface area contributed by atoms with E-state index >= 15 is 0 Å². The normalized spacial score (nSPS) is 10.6. The van der Waals surface area contributed by atoms with Gasteiger partial charge in [0.2, 0.25) is 0 Å². The molecular formula is C15H14ClNO2. The summed E-state index contributed by atoms with van der Waals surface area (Å²) in [6, 6.07) is 15.1. The van der Waals surface area contributed by atoms with E-state index in [1.807, 2.05) is 48.5 Å². The van der Waals surface area contributed by atoms with E-state index in [1.165, 1.54) is 0 Å². The lowest BCUT2D eigenvalue weighted by atomic mass is 10.2. The van der Waals surface area contributed by atoms with Gasteiger partial charge in [0.15, 0.2) is 0 Å². The number of oxime groups is 1. The Balaban J connectivity index is 1.88. The van der Waals surface area contributed by atoms with Gasteiger partial charge in [-0.3, -0.25) is 0 Å². The first-order valence-electron chi connectivity index (χ1n) is 5.82. The van der Waals surface area contributed by atoms with E-state index in [0.29, 0.717) is 11.6 Å². The molecule has 0 fully saturated rings. The molecule has 2 aromatic rings. The molecule has 0 unspecified atom stereocenters. The Kier molecular flexibility index (Phi) is 4.81. The molecule has 0 saturated heterocycles. The average Bonchev–Trinajstić information content (AvgIpc) is 2.46. The summed E-state index contributed by atoms with van der Waals surface area (Å²) in [6.07, 6.45) is 1.65. The van der Waals surface area contributed by atoms with Crippen LogP contribution in [0.25, 0.3) is 0 Å². The number of rotatable bonds is 5. The van der Waals surface area contributed by atoms with Gasteiger partial charge >= 0.3 is 0 Å². The minimum absolute atomic E-state index is 0.354. The van der Waals surface area contributed by atoms with Gasteiger partial charge in [-0.1, -0.05) is 35.0 Å². The van der Waals surface area contributed by atoms with Crippen molar-refractivity contribution in [1.29, 1.82) is 0 Å². The first-order chi connectivity index (χ1) is 9.29. The second kappa shape index (κ2) is 6.81. The van der Waals surface area contributed by atoms with Crippen LogP contribution in [-0.2, 0) is 11.4 Å². The maximum absolute atomic E-state index is 6.01. The average molecular weight is 276 g/mol. The van der Waals surface area contributed by atoms with E-state index < -0.39 is 0 Å². The molecule has 0 saturated carbocycles. The van der Waals surface area contributed by atoms with Crippen LogP contribution >= 0.6 is 11.6 Å². The van der Waals surface area contributed by atoms with Crippen LogP contribution in [-0.4, -0.2) is 13.3 Å². The molecular weight excluding hydrogens is 262 g/mol. The molecule has 3 nitrogen and oxygen atoms in total. The van der Waals surface area contributed by atoms with Crippen molar-refractivity contribution in [2.24, 2.45) is 5.16 Å². The molecule has 0 atom stereocenters. The summed E-state index contributed by atoms with van der Waals surface area (Å²) < 4.78 is 5.08. The van der Waals surface area contributed by atoms with Gasteiger partial charge in [0, 0.05) is 10.6 Å². The van der Waals surface area contributed by atoms with Gasteiger partial charge in [-0.25, -0.2) is 0 Å². The third kappa shape index (κ3) is 4.00. The summed E-state index contributed by atoms with van der Waals surface area (Å²) in [5, 5.41) is 4.59. The number of ether oxygens (including phenoxy) is 1. The third-order valence-electron chi connectivity index (χ3n) is 2.57. The molecule has 0 N–H and O–H groups in total. The molecule has 2 aromatic carbocycles. The largest absolute Gasteiger partial charge is 0.497 e. The molecule has 0 aromatic heterocycles. The van der Waals surface area contributed by atoms with Crippen molar-refractivity contribution in [1.82, 2.24) is 0 Å². The Morgan fingerprint density at radius 2 is 1.84 bits per heavy atom. The van der Waals surface area contributed by atoms with Crippen LogP contribution in [0.2, 0.25) is 5.02 Å². The molecule has 19 heavy (non-hydrogen) atoms. The summed E-state index contributed by atoms with van der Waals surface area (Å²) in [5.74, 6) is 0.814. The summed E-state index contributed by atoms with van der Waals surface area (Å²) in [7, 11) is 1.63. The fourth-order valence-electron chi connectivity index (χ4n) is 1.51. The molecule has 0 aliphatic heterocycles. The lowest BCUT2D eigenvalue weighted by molar-refractivity contribution is 0.132. The minimum Gasteiger partial charge on any atom is -0.497 e. The van der Waals surface area contributed by atoms with Crippen LogP contribution in [0.4, 0.5) is 0 Å². The van der Waals surface area contributed by atoms with E-state index in [-0.39, 0.29) is 0 Å². The van der Waals surface area contributed by atoms with Crippen LogP contribution in [0.5, 0.6) is 5.75 Å². The number of methoxy groups -OCH3 is 1. The fraction of sp³-hybridized carbons (Fsp3) is 0.133. The Hall–Kier alpha value is -2.00. The maximum atomic E-state index is 6.01. The molecule has 0 aliphatic rings. The van der Waals surface area contributed by atoms with Crippen molar-refractivity contribution in [2.75, 3.05) is 7.11 Å². The second-order valence-electron chi connectivity index (χ2n) is 3.87. The lowest BCUT2D eigenvalue weighted by Gasteiger charge is -2.02. The summed E-state index contributed by atoms with van der Waals surface area (Å²) in [4.78, 5) is 5.21. The number of nitrogens with zero attached hydrogens (tertiary/aromatic N) is 1. The minimum atomic E-state index is 0.354. The van der Waals surface area contributed by atoms with Crippen LogP contribution in [0.1, 0.15) is 11.1 Å². The van der Waals surface area contributed by atoms with E-state index in [4.69, 9.17) is 21.2 Å². The standard InChI is InChI=1S/C15H14ClNO2/c1-18-14-8-6-12(7-9-14)10-17-19-11-13-4-2-3-5-15(13)16/h2-10H,11H2,1H3. The van der Waals surface area contributed by atoms with Crippen molar-refractivity contribution < 1.29 is 9.57 Å². The quantitative estimate of drug-likeness (QED) is 0.612. The van der Waals surface area contributed by atoms with E-state index in [9.17, 15) is 0 Å². The number of hydrogen-bond acceptors (Lipinski definition) is 3. The number of halogens is 1. The highest BCUT2D eigenvalue weighted by atomic mass is 35.5. The van der Waals surface area contributed by atoms with Crippen LogP contribution < -0.4 is 4.74 Å². The highest BCUT2D eigenvalue weighted by molar-refractivity contribution is 6.31. The smallest absolute Gasteiger partial charge is 0.143 e. The zero-order chi connectivity index (χ0) is 13.5. The molecule has 0 amide bonds. The Labute approximate surface area is 117 Å². The molecule has 98 valence electrons. The lowest BCUT2D eigenvalue weighted by Crippen LogP contribution is -1.89. The SMILES string of the molecule is COc1ccc(C=NOCc2ccccc2Cl)cc1. The van der Waals surface area contributed by atoms with Gasteiger partial charge in [-0.2, -0.15) is 0 Å². The van der Waals surface area contributed by atoms with Crippen LogP contribution in [0.3, 0.4) is 0 Å². The van der Waals surface area contributed by atoms with Crippen molar-refractivity contribution >= 4 is 17.8 Å². The van der Waals surface area contributed by atoms with Crippen LogP contribution in [0, 0.1) is 0 Å². The van der Waals surface area contributed by atoms with Gasteiger partial charge in [0.25, 0.3) is 0 Å². The summed E-state index contributed by atoms with van der Waals surface area (Å²) >= 11 is 6.01. The van der Waals surface area contributed by atoms with Crippen molar-refractivity contribution in [3.63, 3.8) is 0 Å². The first-order valence-corrected chi connectivity index (χ1v) is 6.20. The van der Waals surface area contributed by atoms with E-state index in [1.54, 1.807) is 13.3 Å². The van der Waals surface area contributed by atoms with Crippen molar-refractivity contribution in [3.8, 4) is 5.75 Å². The molecule has 2 rings (SSSR count). The van der Waals surface area contributed by atoms with Gasteiger partial charge < -0.3 is 9.57 Å². The van der Waals surface area contributed by atoms with Crippen LogP contribution in [0.15, 0.2) is 53.7 Å². The summed E-state index contributed by atoms with van der Waals surface area (Å²) in [5.41, 5.74) is 1.86. The molecule has 0 radical (unpaired) electrons. The maximum Gasteiger partial charge on any atom is 0.143 e. The van der Waals surface area contributed by atoms with E-state index in [2.05, 4.69) is 5.16 Å². The zero-order valence-corrected chi connectivity index (χ0v) is 11.3. The Morgan fingerprint density at radius 3 is 2.53 bits per heavy atom. The molecule has 0 bridgehead atoms. The van der Waals surface area contributed by atoms with Gasteiger partial charge in [-0.05, 0) is 35.9 Å². The highest BCUT2D eigenvalue weighted by Crippen LogP contribution is 2.15. The van der Waals surface area contributed by atoms with Gasteiger partial charge in [-0.15, -0.1) is 0 Å². The topological polar surface area (TPSA) is 30.8 Å². The fourth-order valence-corrected chi connectivity index (χ4v) is 1.70. The predicted molar refractivity (Wildman–Crippen MR) is 76.8 cm³/mol. The highest BCUT2D eigenvalue weighted by Gasteiger charge is 1.98. The van der Waals surface area contributed by atoms with Gasteiger partial charge in [0.1, 0.15) is 12.4 Å². The molecule has 0 aliphatic carbocycles. The van der Waals surface area contributed by atoms with Gasteiger partial charge in [0.05, 0.1) is 13.3 Å². The Morgan fingerprint density at radius 1 is 1.11 bits per heavy atom. The van der Waals surface area contributed by atoms with Crippen molar-refractivity contribution in [2.45, 2.75) is 6.61 Å². The molecule has 0 spiro atoms. The second-order valence-corrected chi connectivity index (χ2v) is 4.28. The first kappa shape index (κ1) is 13.4. The van der Waals surface area contributed by atoms with Crippen molar-refractivity contribution in [3.05, 3.63) is 64.7 Å². The Bertz CT molecular complexity index is 552. The monoisotopic (exact) mass is 275 g/mol. The van der Waals surface area contributed by atoms with E-state index in [0.717, 1.165) is 16.9 Å². The summed E-state index contributed by atoms with van der Waals surface area (Å²) in [6.45, 7) is 0.354. The number of benzene rings is 2. The zero-order valence-electron chi connectivity index (χ0n) is 10.5.